The molecule has 114 valence electrons. The summed E-state index contributed by atoms with van der Waals surface area (Å²) >= 11 is 1.22. The van der Waals surface area contributed by atoms with Crippen molar-refractivity contribution in [2.75, 3.05) is 5.75 Å². The van der Waals surface area contributed by atoms with Crippen LogP contribution in [0.1, 0.15) is 44.2 Å². The molecule has 2 aromatic heterocycles. The van der Waals surface area contributed by atoms with Gasteiger partial charge in [-0.3, -0.25) is 4.79 Å². The Labute approximate surface area is 127 Å². The van der Waals surface area contributed by atoms with Gasteiger partial charge in [-0.1, -0.05) is 25.6 Å². The topological polar surface area (TPSA) is 85.8 Å². The van der Waals surface area contributed by atoms with Gasteiger partial charge in [-0.25, -0.2) is 4.98 Å². The smallest absolute Gasteiger partial charge is 0.313 e. The minimum absolute atomic E-state index is 0.0138. The number of hydrogen-bond donors (Lipinski definition) is 1. The molecule has 0 bridgehead atoms. The Morgan fingerprint density at radius 1 is 1.43 bits per heavy atom. The predicted octanol–water partition coefficient (Wildman–Crippen LogP) is 1.92. The summed E-state index contributed by atoms with van der Waals surface area (Å²) in [5.74, 6) is 0.228. The normalized spacial score (nSPS) is 12.8. The van der Waals surface area contributed by atoms with Crippen molar-refractivity contribution in [3.63, 3.8) is 0 Å². The van der Waals surface area contributed by atoms with Gasteiger partial charge in [-0.2, -0.15) is 0 Å². The van der Waals surface area contributed by atoms with Gasteiger partial charge in [0.15, 0.2) is 11.0 Å². The second kappa shape index (κ2) is 6.30. The van der Waals surface area contributed by atoms with E-state index >= 15 is 0 Å². The molecular formula is C13H19N5O2S. The number of imidazole rings is 1. The van der Waals surface area contributed by atoms with Crippen molar-refractivity contribution in [3.05, 3.63) is 24.0 Å². The fraction of sp³-hybridized carbons (Fsp3) is 0.538. The molecule has 0 aliphatic carbocycles. The van der Waals surface area contributed by atoms with E-state index in [1.807, 2.05) is 29.3 Å². The van der Waals surface area contributed by atoms with Crippen LogP contribution in [0.2, 0.25) is 0 Å². The van der Waals surface area contributed by atoms with E-state index < -0.39 is 5.97 Å². The second-order valence-corrected chi connectivity index (χ2v) is 6.09. The van der Waals surface area contributed by atoms with Crippen molar-refractivity contribution >= 4 is 17.7 Å². The van der Waals surface area contributed by atoms with E-state index in [2.05, 4.69) is 29.0 Å². The third-order valence-electron chi connectivity index (χ3n) is 3.22. The summed E-state index contributed by atoms with van der Waals surface area (Å²) in [7, 11) is 1.89. The molecule has 0 amide bonds. The van der Waals surface area contributed by atoms with Crippen LogP contribution in [0, 0.1) is 0 Å². The number of carboxylic acids is 1. The van der Waals surface area contributed by atoms with Crippen LogP contribution in [0.15, 0.2) is 17.7 Å². The van der Waals surface area contributed by atoms with E-state index in [0.29, 0.717) is 5.16 Å². The number of thioether (sulfide) groups is 1. The van der Waals surface area contributed by atoms with Gasteiger partial charge in [0.1, 0.15) is 6.33 Å². The summed E-state index contributed by atoms with van der Waals surface area (Å²) in [6.45, 7) is 6.19. The minimum atomic E-state index is -0.855. The Morgan fingerprint density at radius 3 is 2.67 bits per heavy atom. The average molecular weight is 309 g/mol. The molecule has 1 unspecified atom stereocenters. The summed E-state index contributed by atoms with van der Waals surface area (Å²) in [6.07, 6.45) is 3.46. The maximum absolute atomic E-state index is 10.8. The molecule has 0 radical (unpaired) electrons. The Kier molecular flexibility index (Phi) is 4.66. The van der Waals surface area contributed by atoms with Gasteiger partial charge in [-0.15, -0.1) is 10.2 Å². The van der Waals surface area contributed by atoms with E-state index in [1.165, 1.54) is 11.8 Å². The van der Waals surface area contributed by atoms with Crippen LogP contribution in [-0.4, -0.2) is 41.1 Å². The Hall–Kier alpha value is -1.83. The summed E-state index contributed by atoms with van der Waals surface area (Å²) in [4.78, 5) is 15.2. The Morgan fingerprint density at radius 2 is 2.14 bits per heavy atom. The molecule has 0 saturated heterocycles. The number of hydrogen-bond acceptors (Lipinski definition) is 5. The molecule has 2 aromatic rings. The number of carbonyl (C=O) groups is 1. The second-order valence-electron chi connectivity index (χ2n) is 5.15. The Balaban J connectivity index is 2.41. The molecule has 2 rings (SSSR count). The highest BCUT2D eigenvalue weighted by molar-refractivity contribution is 7.99. The first-order valence-corrected chi connectivity index (χ1v) is 7.66. The zero-order valence-corrected chi connectivity index (χ0v) is 13.3. The van der Waals surface area contributed by atoms with Crippen molar-refractivity contribution < 1.29 is 9.90 Å². The van der Waals surface area contributed by atoms with Crippen LogP contribution in [-0.2, 0) is 11.8 Å². The molecule has 0 spiro atoms. The highest BCUT2D eigenvalue weighted by atomic mass is 32.2. The van der Waals surface area contributed by atoms with Crippen LogP contribution >= 0.6 is 11.8 Å². The van der Waals surface area contributed by atoms with Gasteiger partial charge >= 0.3 is 5.97 Å². The van der Waals surface area contributed by atoms with Crippen molar-refractivity contribution in [3.8, 4) is 0 Å². The fourth-order valence-electron chi connectivity index (χ4n) is 2.19. The number of aliphatic carboxylic acids is 1. The minimum Gasteiger partial charge on any atom is -0.481 e. The third kappa shape index (κ3) is 3.26. The fourth-order valence-corrected chi connectivity index (χ4v) is 2.97. The zero-order chi connectivity index (χ0) is 15.6. The molecule has 1 N–H and O–H groups in total. The summed E-state index contributed by atoms with van der Waals surface area (Å²) < 4.78 is 3.91. The van der Waals surface area contributed by atoms with Crippen LogP contribution < -0.4 is 0 Å². The number of carboxylic acid groups (broad SMARTS) is 1. The van der Waals surface area contributed by atoms with Crippen LogP contribution in [0.25, 0.3) is 0 Å². The first kappa shape index (κ1) is 15.6. The largest absolute Gasteiger partial charge is 0.481 e. The van der Waals surface area contributed by atoms with E-state index in [-0.39, 0.29) is 17.7 Å². The highest BCUT2D eigenvalue weighted by Crippen LogP contribution is 2.29. The van der Waals surface area contributed by atoms with Gasteiger partial charge in [0.05, 0.1) is 11.8 Å². The lowest BCUT2D eigenvalue weighted by Crippen LogP contribution is -2.16. The molecular weight excluding hydrogens is 290 g/mol. The number of aryl methyl sites for hydroxylation is 1. The standard InChI is InChI=1S/C13H19N5O2S/c1-8(2)10-5-14-13(21-6-11(19)20)18(10)9(3)12-16-15-7-17(12)4/h5,7-9H,6H2,1-4H3,(H,19,20). The van der Waals surface area contributed by atoms with Crippen molar-refractivity contribution in [2.45, 2.75) is 37.9 Å². The van der Waals surface area contributed by atoms with E-state index in [4.69, 9.17) is 5.11 Å². The zero-order valence-electron chi connectivity index (χ0n) is 12.5. The Bertz CT molecular complexity index is 634. The monoisotopic (exact) mass is 309 g/mol. The van der Waals surface area contributed by atoms with Gasteiger partial charge in [0, 0.05) is 18.9 Å². The van der Waals surface area contributed by atoms with Crippen molar-refractivity contribution in [1.82, 2.24) is 24.3 Å². The average Bonchev–Trinajstić information content (AvgIpc) is 3.01. The number of nitrogens with zero attached hydrogens (tertiary/aromatic N) is 5. The molecule has 0 aliphatic rings. The lowest BCUT2D eigenvalue weighted by atomic mass is 10.1. The summed E-state index contributed by atoms with van der Waals surface area (Å²) in [6, 6.07) is -0.0614. The van der Waals surface area contributed by atoms with Crippen molar-refractivity contribution in [1.29, 1.82) is 0 Å². The molecule has 21 heavy (non-hydrogen) atoms. The summed E-state index contributed by atoms with van der Waals surface area (Å²) in [5, 5.41) is 17.6. The molecule has 0 aliphatic heterocycles. The van der Waals surface area contributed by atoms with E-state index in [1.54, 1.807) is 6.33 Å². The lowest BCUT2D eigenvalue weighted by Gasteiger charge is -2.20. The first-order valence-electron chi connectivity index (χ1n) is 6.67. The quantitative estimate of drug-likeness (QED) is 0.821. The maximum Gasteiger partial charge on any atom is 0.313 e. The predicted molar refractivity (Wildman–Crippen MR) is 79.5 cm³/mol. The molecule has 8 heteroatoms. The van der Waals surface area contributed by atoms with Crippen LogP contribution in [0.5, 0.6) is 0 Å². The van der Waals surface area contributed by atoms with Crippen LogP contribution in [0.4, 0.5) is 0 Å². The SMILES string of the molecule is CC(C)c1cnc(SCC(=O)O)n1C(C)c1nncn1C. The van der Waals surface area contributed by atoms with Gasteiger partial charge in [0.25, 0.3) is 0 Å². The summed E-state index contributed by atoms with van der Waals surface area (Å²) in [5.41, 5.74) is 1.05. The third-order valence-corrected chi connectivity index (χ3v) is 4.17. The first-order chi connectivity index (χ1) is 9.91. The molecule has 0 fully saturated rings. The van der Waals surface area contributed by atoms with E-state index in [9.17, 15) is 4.79 Å². The van der Waals surface area contributed by atoms with Crippen LogP contribution in [0.3, 0.4) is 0 Å². The molecule has 0 saturated carbocycles. The highest BCUT2D eigenvalue weighted by Gasteiger charge is 2.22. The maximum atomic E-state index is 10.8. The molecule has 7 nitrogen and oxygen atoms in total. The molecule has 0 aromatic carbocycles. The number of rotatable bonds is 6. The lowest BCUT2D eigenvalue weighted by molar-refractivity contribution is -0.133. The molecule has 2 heterocycles. The van der Waals surface area contributed by atoms with Gasteiger partial charge in [-0.05, 0) is 12.8 Å². The van der Waals surface area contributed by atoms with Gasteiger partial charge < -0.3 is 14.2 Å². The number of aromatic nitrogens is 5. The van der Waals surface area contributed by atoms with Crippen molar-refractivity contribution in [2.24, 2.45) is 7.05 Å². The molecule has 1 atom stereocenters. The van der Waals surface area contributed by atoms with E-state index in [0.717, 1.165) is 11.5 Å². The van der Waals surface area contributed by atoms with Gasteiger partial charge in [0.2, 0.25) is 0 Å².